The minimum atomic E-state index is -0.588. The molecule has 1 aromatic rings. The molecule has 2 N–H and O–H groups in total. The normalized spacial score (nSPS) is 20.9. The molecule has 0 bridgehead atoms. The SMILES string of the molecule is CC(=N/C=C1\C(=N)N(C2CCCC2)CC(C)(C)C(=O)N1C)Nc1cccc(C(=O)N(C)C)c1. The van der Waals surface area contributed by atoms with E-state index in [9.17, 15) is 9.59 Å². The summed E-state index contributed by atoms with van der Waals surface area (Å²) in [6.07, 6.45) is 6.02. The van der Waals surface area contributed by atoms with Crippen molar-refractivity contribution in [2.45, 2.75) is 52.5 Å². The third-order valence-electron chi connectivity index (χ3n) is 6.33. The van der Waals surface area contributed by atoms with Crippen LogP contribution in [0.3, 0.4) is 0 Å². The standard InChI is InChI=1S/C25H36N6O2/c1-17(28-19-11-9-10-18(14-19)23(32)29(4)5)27-15-21-22(26)31(20-12-7-8-13-20)16-25(2,3)24(33)30(21)6/h9-11,14-15,20,26H,7-8,12-13,16H2,1-6H3,(H,27,28)/b21-15+,26-22?. The number of aliphatic imine (C=N–C) groups is 1. The molecule has 2 aliphatic rings. The van der Waals surface area contributed by atoms with E-state index in [-0.39, 0.29) is 11.8 Å². The fourth-order valence-corrected chi connectivity index (χ4v) is 4.50. The van der Waals surface area contributed by atoms with Gasteiger partial charge in [0.25, 0.3) is 5.91 Å². The Kier molecular flexibility index (Phi) is 7.25. The van der Waals surface area contributed by atoms with Crippen molar-refractivity contribution < 1.29 is 9.59 Å². The number of carbonyl (C=O) groups excluding carboxylic acids is 2. The number of amides is 2. The summed E-state index contributed by atoms with van der Waals surface area (Å²) in [5.41, 5.74) is 1.24. The van der Waals surface area contributed by atoms with Crippen molar-refractivity contribution in [3.05, 3.63) is 41.7 Å². The number of hydrogen-bond acceptors (Lipinski definition) is 4. The van der Waals surface area contributed by atoms with Crippen molar-refractivity contribution in [2.75, 3.05) is 33.0 Å². The first-order chi connectivity index (χ1) is 15.5. The number of nitrogens with one attached hydrogen (secondary N) is 2. The van der Waals surface area contributed by atoms with Crippen LogP contribution in [0.5, 0.6) is 0 Å². The average molecular weight is 453 g/mol. The molecule has 1 heterocycles. The van der Waals surface area contributed by atoms with Crippen LogP contribution in [0.25, 0.3) is 0 Å². The molecule has 2 amide bonds. The molecule has 178 valence electrons. The highest BCUT2D eigenvalue weighted by atomic mass is 16.2. The van der Waals surface area contributed by atoms with Gasteiger partial charge in [-0.05, 0) is 51.8 Å². The van der Waals surface area contributed by atoms with Gasteiger partial charge in [0.2, 0.25) is 5.91 Å². The van der Waals surface area contributed by atoms with Crippen molar-refractivity contribution in [3.63, 3.8) is 0 Å². The molecule has 8 nitrogen and oxygen atoms in total. The van der Waals surface area contributed by atoms with Gasteiger partial charge >= 0.3 is 0 Å². The summed E-state index contributed by atoms with van der Waals surface area (Å²) in [6, 6.07) is 7.53. The van der Waals surface area contributed by atoms with Crippen LogP contribution in [0.1, 0.15) is 56.8 Å². The van der Waals surface area contributed by atoms with E-state index in [1.54, 1.807) is 44.4 Å². The zero-order valence-electron chi connectivity index (χ0n) is 20.6. The van der Waals surface area contributed by atoms with Gasteiger partial charge in [0, 0.05) is 45.0 Å². The molecular weight excluding hydrogens is 416 g/mol. The zero-order valence-corrected chi connectivity index (χ0v) is 20.6. The molecule has 1 aliphatic heterocycles. The van der Waals surface area contributed by atoms with E-state index in [0.717, 1.165) is 31.4 Å². The Hall–Kier alpha value is -3.16. The first-order valence-electron chi connectivity index (χ1n) is 11.5. The second kappa shape index (κ2) is 9.77. The maximum absolute atomic E-state index is 13.1. The summed E-state index contributed by atoms with van der Waals surface area (Å²) in [4.78, 5) is 35.1. The minimum absolute atomic E-state index is 0.0188. The highest BCUT2D eigenvalue weighted by Crippen LogP contribution is 2.33. The predicted molar refractivity (Wildman–Crippen MR) is 133 cm³/mol. The molecule has 0 unspecified atom stereocenters. The number of likely N-dealkylation sites (N-methyl/N-ethyl adjacent to an activating group) is 1. The molecule has 3 rings (SSSR count). The van der Waals surface area contributed by atoms with Crippen LogP contribution < -0.4 is 5.32 Å². The van der Waals surface area contributed by atoms with E-state index < -0.39 is 5.41 Å². The average Bonchev–Trinajstić information content (AvgIpc) is 3.29. The zero-order chi connectivity index (χ0) is 24.3. The lowest BCUT2D eigenvalue weighted by molar-refractivity contribution is -0.136. The van der Waals surface area contributed by atoms with Gasteiger partial charge < -0.3 is 20.0 Å². The van der Waals surface area contributed by atoms with Crippen LogP contribution in [0.2, 0.25) is 0 Å². The fourth-order valence-electron chi connectivity index (χ4n) is 4.50. The molecule has 0 aromatic heterocycles. The number of amidine groups is 2. The topological polar surface area (TPSA) is 92.1 Å². The third kappa shape index (κ3) is 5.43. The van der Waals surface area contributed by atoms with Gasteiger partial charge in [-0.25, -0.2) is 4.99 Å². The van der Waals surface area contributed by atoms with Crippen LogP contribution in [0.4, 0.5) is 5.69 Å². The number of hydrogen-bond donors (Lipinski definition) is 2. The Balaban J connectivity index is 1.86. The van der Waals surface area contributed by atoms with E-state index >= 15 is 0 Å². The van der Waals surface area contributed by atoms with Crippen LogP contribution in [-0.2, 0) is 4.79 Å². The molecule has 0 spiro atoms. The fraction of sp³-hybridized carbons (Fsp3) is 0.520. The second-order valence-electron chi connectivity index (χ2n) is 9.80. The largest absolute Gasteiger partial charge is 0.351 e. The Morgan fingerprint density at radius 2 is 1.94 bits per heavy atom. The molecular formula is C25H36N6O2. The van der Waals surface area contributed by atoms with Gasteiger partial charge in [0.05, 0.1) is 11.6 Å². The van der Waals surface area contributed by atoms with Gasteiger partial charge in [0.15, 0.2) is 0 Å². The molecule has 2 fully saturated rings. The summed E-state index contributed by atoms with van der Waals surface area (Å²) in [5, 5.41) is 12.1. The van der Waals surface area contributed by atoms with E-state index in [2.05, 4.69) is 15.2 Å². The monoisotopic (exact) mass is 452 g/mol. The minimum Gasteiger partial charge on any atom is -0.351 e. The Bertz CT molecular complexity index is 988. The lowest BCUT2D eigenvalue weighted by Gasteiger charge is -2.33. The Morgan fingerprint density at radius 3 is 2.58 bits per heavy atom. The predicted octanol–water partition coefficient (Wildman–Crippen LogP) is 3.78. The van der Waals surface area contributed by atoms with Gasteiger partial charge in [0.1, 0.15) is 17.4 Å². The van der Waals surface area contributed by atoms with E-state index in [1.807, 2.05) is 32.9 Å². The molecule has 1 saturated carbocycles. The van der Waals surface area contributed by atoms with Crippen molar-refractivity contribution in [3.8, 4) is 0 Å². The highest BCUT2D eigenvalue weighted by molar-refractivity contribution is 6.03. The first kappa shape index (κ1) is 24.5. The van der Waals surface area contributed by atoms with Crippen LogP contribution >= 0.6 is 0 Å². The van der Waals surface area contributed by atoms with Crippen molar-refractivity contribution in [2.24, 2.45) is 10.4 Å². The summed E-state index contributed by atoms with van der Waals surface area (Å²) >= 11 is 0. The molecule has 33 heavy (non-hydrogen) atoms. The molecule has 0 atom stereocenters. The number of benzene rings is 1. The maximum Gasteiger partial charge on any atom is 0.253 e. The number of nitrogens with zero attached hydrogens (tertiary/aromatic N) is 4. The molecule has 1 aromatic carbocycles. The van der Waals surface area contributed by atoms with E-state index in [0.29, 0.717) is 35.5 Å². The highest BCUT2D eigenvalue weighted by Gasteiger charge is 2.42. The third-order valence-corrected chi connectivity index (χ3v) is 6.33. The summed E-state index contributed by atoms with van der Waals surface area (Å²) in [5.74, 6) is 0.853. The molecule has 1 saturated heterocycles. The molecule has 8 heteroatoms. The smallest absolute Gasteiger partial charge is 0.253 e. The van der Waals surface area contributed by atoms with E-state index in [4.69, 9.17) is 5.41 Å². The van der Waals surface area contributed by atoms with E-state index in [1.165, 1.54) is 4.90 Å². The van der Waals surface area contributed by atoms with Gasteiger partial charge in [-0.2, -0.15) is 0 Å². The van der Waals surface area contributed by atoms with Gasteiger partial charge in [-0.15, -0.1) is 0 Å². The second-order valence-corrected chi connectivity index (χ2v) is 9.80. The van der Waals surface area contributed by atoms with Crippen molar-refractivity contribution >= 4 is 29.2 Å². The quantitative estimate of drug-likeness (QED) is 0.537. The van der Waals surface area contributed by atoms with Gasteiger partial charge in [-0.1, -0.05) is 18.9 Å². The number of carbonyl (C=O) groups is 2. The van der Waals surface area contributed by atoms with Crippen molar-refractivity contribution in [1.29, 1.82) is 5.41 Å². The van der Waals surface area contributed by atoms with Crippen LogP contribution in [0.15, 0.2) is 41.2 Å². The number of rotatable bonds is 4. The lowest BCUT2D eigenvalue weighted by atomic mass is 9.91. The van der Waals surface area contributed by atoms with Crippen LogP contribution in [0, 0.1) is 10.8 Å². The lowest BCUT2D eigenvalue weighted by Crippen LogP contribution is -2.44. The summed E-state index contributed by atoms with van der Waals surface area (Å²) in [7, 11) is 5.16. The molecule has 1 aliphatic carbocycles. The summed E-state index contributed by atoms with van der Waals surface area (Å²) in [6.45, 7) is 6.24. The molecule has 0 radical (unpaired) electrons. The van der Waals surface area contributed by atoms with Crippen LogP contribution in [-0.4, -0.2) is 71.9 Å². The number of anilines is 1. The van der Waals surface area contributed by atoms with Gasteiger partial charge in [-0.3, -0.25) is 15.0 Å². The Morgan fingerprint density at radius 1 is 1.27 bits per heavy atom. The van der Waals surface area contributed by atoms with Crippen molar-refractivity contribution in [1.82, 2.24) is 14.7 Å². The Labute approximate surface area is 196 Å². The maximum atomic E-state index is 13.1. The first-order valence-corrected chi connectivity index (χ1v) is 11.5. The summed E-state index contributed by atoms with van der Waals surface area (Å²) < 4.78 is 0.